The summed E-state index contributed by atoms with van der Waals surface area (Å²) in [6, 6.07) is 14.7. The molecule has 0 heterocycles. The van der Waals surface area contributed by atoms with Crippen LogP contribution >= 0.6 is 0 Å². The van der Waals surface area contributed by atoms with Gasteiger partial charge in [-0.25, -0.2) is 4.79 Å². The van der Waals surface area contributed by atoms with E-state index in [2.05, 4.69) is 12.1 Å². The predicted octanol–water partition coefficient (Wildman–Crippen LogP) is 3.12. The highest BCUT2D eigenvalue weighted by Gasteiger charge is 2.27. The number of likely N-dealkylation sites (N-methyl/N-ethyl adjacent to an activating group) is 1. The standard InChI is InChI=1S/C21H23NO4S/c1-22(18-12-7-9-15-8-3-4-10-16(15)18)20(23)14-26-21(24)17-11-5-6-13-19(17)27(2)25/h3-6,8,10-11,13,18H,7,9,12,14H2,1-2H3/t18-,27-/m1/s1. The van der Waals surface area contributed by atoms with Gasteiger partial charge in [0.2, 0.25) is 0 Å². The average molecular weight is 385 g/mol. The van der Waals surface area contributed by atoms with Crippen molar-refractivity contribution in [3.8, 4) is 0 Å². The van der Waals surface area contributed by atoms with E-state index in [9.17, 15) is 13.8 Å². The fraction of sp³-hybridized carbons (Fsp3) is 0.333. The Kier molecular flexibility index (Phi) is 6.06. The summed E-state index contributed by atoms with van der Waals surface area (Å²) in [5, 5.41) is 0. The van der Waals surface area contributed by atoms with Crippen molar-refractivity contribution in [2.24, 2.45) is 0 Å². The number of carbonyl (C=O) groups excluding carboxylic acids is 2. The molecule has 27 heavy (non-hydrogen) atoms. The molecule has 2 atom stereocenters. The normalized spacial score (nSPS) is 16.9. The van der Waals surface area contributed by atoms with Crippen molar-refractivity contribution in [1.82, 2.24) is 4.90 Å². The van der Waals surface area contributed by atoms with Gasteiger partial charge in [-0.15, -0.1) is 0 Å². The Balaban J connectivity index is 1.66. The van der Waals surface area contributed by atoms with Crippen LogP contribution in [0, 0.1) is 0 Å². The zero-order valence-corrected chi connectivity index (χ0v) is 16.3. The fourth-order valence-corrected chi connectivity index (χ4v) is 4.23. The van der Waals surface area contributed by atoms with Gasteiger partial charge < -0.3 is 9.64 Å². The molecule has 1 aliphatic carbocycles. The quantitative estimate of drug-likeness (QED) is 0.742. The molecule has 0 radical (unpaired) electrons. The van der Waals surface area contributed by atoms with Crippen molar-refractivity contribution in [2.45, 2.75) is 30.2 Å². The van der Waals surface area contributed by atoms with Crippen LogP contribution in [0.3, 0.4) is 0 Å². The van der Waals surface area contributed by atoms with Gasteiger partial charge in [-0.05, 0) is 42.5 Å². The first-order valence-electron chi connectivity index (χ1n) is 8.92. The summed E-state index contributed by atoms with van der Waals surface area (Å²) in [5.41, 5.74) is 2.67. The maximum atomic E-state index is 12.6. The summed E-state index contributed by atoms with van der Waals surface area (Å²) >= 11 is 0. The molecular weight excluding hydrogens is 362 g/mol. The van der Waals surface area contributed by atoms with Crippen LogP contribution in [0.25, 0.3) is 0 Å². The molecule has 0 N–H and O–H groups in total. The van der Waals surface area contributed by atoms with Crippen LogP contribution in [0.15, 0.2) is 53.4 Å². The van der Waals surface area contributed by atoms with Gasteiger partial charge in [0, 0.05) is 13.3 Å². The van der Waals surface area contributed by atoms with E-state index in [-0.39, 0.29) is 24.1 Å². The number of benzene rings is 2. The minimum absolute atomic E-state index is 0.00316. The second-order valence-electron chi connectivity index (χ2n) is 6.64. The molecule has 0 aromatic heterocycles. The second-order valence-corrected chi connectivity index (χ2v) is 7.99. The van der Waals surface area contributed by atoms with Crippen molar-refractivity contribution in [1.29, 1.82) is 0 Å². The Morgan fingerprint density at radius 3 is 2.63 bits per heavy atom. The molecule has 0 unspecified atom stereocenters. The molecule has 3 rings (SSSR count). The number of nitrogens with zero attached hydrogens (tertiary/aromatic N) is 1. The van der Waals surface area contributed by atoms with E-state index in [0.29, 0.717) is 4.90 Å². The fourth-order valence-electron chi connectivity index (χ4n) is 3.50. The van der Waals surface area contributed by atoms with Crippen LogP contribution in [0.2, 0.25) is 0 Å². The lowest BCUT2D eigenvalue weighted by Crippen LogP contribution is -2.36. The van der Waals surface area contributed by atoms with Crippen LogP contribution in [0.5, 0.6) is 0 Å². The van der Waals surface area contributed by atoms with Crippen molar-refractivity contribution < 1.29 is 18.5 Å². The Morgan fingerprint density at radius 2 is 1.85 bits per heavy atom. The maximum Gasteiger partial charge on any atom is 0.339 e. The minimum Gasteiger partial charge on any atom is -0.452 e. The highest BCUT2D eigenvalue weighted by atomic mass is 32.2. The van der Waals surface area contributed by atoms with Gasteiger partial charge in [0.05, 0.1) is 27.3 Å². The topological polar surface area (TPSA) is 63.7 Å². The van der Waals surface area contributed by atoms with E-state index in [1.165, 1.54) is 11.8 Å². The minimum atomic E-state index is -1.31. The smallest absolute Gasteiger partial charge is 0.339 e. The van der Waals surface area contributed by atoms with Crippen LogP contribution in [0.1, 0.15) is 40.4 Å². The molecule has 142 valence electrons. The number of hydrogen-bond acceptors (Lipinski definition) is 4. The predicted molar refractivity (Wildman–Crippen MR) is 104 cm³/mol. The summed E-state index contributed by atoms with van der Waals surface area (Å²) in [6.45, 7) is -0.335. The molecule has 1 aliphatic rings. The van der Waals surface area contributed by atoms with Gasteiger partial charge in [0.15, 0.2) is 6.61 Å². The summed E-state index contributed by atoms with van der Waals surface area (Å²) < 4.78 is 17.0. The number of carbonyl (C=O) groups is 2. The van der Waals surface area contributed by atoms with Gasteiger partial charge in [-0.3, -0.25) is 9.00 Å². The van der Waals surface area contributed by atoms with Gasteiger partial charge >= 0.3 is 5.97 Å². The van der Waals surface area contributed by atoms with Gasteiger partial charge in [-0.2, -0.15) is 0 Å². The van der Waals surface area contributed by atoms with Gasteiger partial charge in [0.25, 0.3) is 5.91 Å². The third-order valence-corrected chi connectivity index (χ3v) is 5.92. The third-order valence-electron chi connectivity index (χ3n) is 4.94. The first kappa shape index (κ1) is 19.3. The number of amides is 1. The number of esters is 1. The molecule has 0 aliphatic heterocycles. The molecule has 0 saturated carbocycles. The van der Waals surface area contributed by atoms with E-state index in [4.69, 9.17) is 4.74 Å². The Morgan fingerprint density at radius 1 is 1.15 bits per heavy atom. The molecule has 0 spiro atoms. The number of aryl methyl sites for hydroxylation is 1. The van der Waals surface area contributed by atoms with Crippen molar-refractivity contribution in [2.75, 3.05) is 19.9 Å². The van der Waals surface area contributed by atoms with E-state index >= 15 is 0 Å². The van der Waals surface area contributed by atoms with Crippen LogP contribution in [-0.4, -0.2) is 40.9 Å². The maximum absolute atomic E-state index is 12.6. The molecule has 2 aromatic carbocycles. The highest BCUT2D eigenvalue weighted by molar-refractivity contribution is 7.84. The molecule has 2 aromatic rings. The SMILES string of the molecule is CN(C(=O)COC(=O)c1ccccc1[S@@](C)=O)[C@@H]1CCCc2ccccc21. The summed E-state index contributed by atoms with van der Waals surface area (Å²) in [4.78, 5) is 27.0. The Bertz CT molecular complexity index is 880. The highest BCUT2D eigenvalue weighted by Crippen LogP contribution is 2.33. The zero-order chi connectivity index (χ0) is 19.4. The summed E-state index contributed by atoms with van der Waals surface area (Å²) in [5.74, 6) is -0.883. The molecule has 0 fully saturated rings. The molecular formula is C21H23NO4S. The average Bonchev–Trinajstić information content (AvgIpc) is 2.70. The van der Waals surface area contributed by atoms with Crippen LogP contribution < -0.4 is 0 Å². The number of hydrogen-bond donors (Lipinski definition) is 0. The molecule has 1 amide bonds. The van der Waals surface area contributed by atoms with Crippen molar-refractivity contribution in [3.05, 3.63) is 65.2 Å². The lowest BCUT2D eigenvalue weighted by molar-refractivity contribution is -0.135. The van der Waals surface area contributed by atoms with Gasteiger partial charge in [0.1, 0.15) is 0 Å². The molecule has 5 nitrogen and oxygen atoms in total. The summed E-state index contributed by atoms with van der Waals surface area (Å²) in [6.07, 6.45) is 4.44. The monoisotopic (exact) mass is 385 g/mol. The lowest BCUT2D eigenvalue weighted by atomic mass is 9.87. The summed E-state index contributed by atoms with van der Waals surface area (Å²) in [7, 11) is 0.439. The zero-order valence-electron chi connectivity index (χ0n) is 15.5. The first-order valence-corrected chi connectivity index (χ1v) is 10.5. The second kappa shape index (κ2) is 8.48. The lowest BCUT2D eigenvalue weighted by Gasteiger charge is -2.33. The van der Waals surface area contributed by atoms with E-state index in [1.807, 2.05) is 12.1 Å². The van der Waals surface area contributed by atoms with Crippen molar-refractivity contribution >= 4 is 22.7 Å². The molecule has 6 heteroatoms. The molecule has 0 saturated heterocycles. The largest absolute Gasteiger partial charge is 0.452 e. The third kappa shape index (κ3) is 4.27. The van der Waals surface area contributed by atoms with Crippen molar-refractivity contribution in [3.63, 3.8) is 0 Å². The number of fused-ring (bicyclic) bond motifs is 1. The number of ether oxygens (including phenoxy) is 1. The molecule has 0 bridgehead atoms. The van der Waals surface area contributed by atoms with Crippen LogP contribution in [-0.2, 0) is 26.8 Å². The van der Waals surface area contributed by atoms with E-state index in [0.717, 1.165) is 24.8 Å². The Labute approximate surface area is 161 Å². The number of rotatable bonds is 5. The van der Waals surface area contributed by atoms with E-state index in [1.54, 1.807) is 36.2 Å². The van der Waals surface area contributed by atoms with E-state index < -0.39 is 16.8 Å². The Hall–Kier alpha value is -2.47. The first-order chi connectivity index (χ1) is 13.0. The van der Waals surface area contributed by atoms with Gasteiger partial charge in [-0.1, -0.05) is 36.4 Å². The van der Waals surface area contributed by atoms with Crippen LogP contribution in [0.4, 0.5) is 0 Å².